The third-order valence-electron chi connectivity index (χ3n) is 3.46. The molecule has 1 aromatic heterocycles. The van der Waals surface area contributed by atoms with Gasteiger partial charge >= 0.3 is 5.97 Å². The summed E-state index contributed by atoms with van der Waals surface area (Å²) in [4.78, 5) is 24.6. The van der Waals surface area contributed by atoms with Gasteiger partial charge in [0.25, 0.3) is 5.91 Å². The van der Waals surface area contributed by atoms with E-state index in [0.29, 0.717) is 5.56 Å². The first-order valence-corrected chi connectivity index (χ1v) is 8.42. The molecule has 7 nitrogen and oxygen atoms in total. The number of nitrogens with one attached hydrogen (secondary N) is 1. The molecule has 26 heavy (non-hydrogen) atoms. The Balaban J connectivity index is 2.12. The number of amides is 1. The standard InChI is InChI=1S/C19H24N4O3/c1-5-26-18(25)16(10-11-19(2,3)4)22-17(24)14-6-8-15(9-7-14)23-12-20-21-13-23/h6-13,16H,5H2,1-4H3,(H,22,24). The second-order valence-electron chi connectivity index (χ2n) is 6.84. The lowest BCUT2D eigenvalue weighted by Gasteiger charge is -2.17. The van der Waals surface area contributed by atoms with Gasteiger partial charge in [0.15, 0.2) is 0 Å². The summed E-state index contributed by atoms with van der Waals surface area (Å²) in [5.74, 6) is -0.834. The van der Waals surface area contributed by atoms with Crippen LogP contribution in [0.3, 0.4) is 0 Å². The average molecular weight is 356 g/mol. The van der Waals surface area contributed by atoms with Gasteiger partial charge < -0.3 is 10.1 Å². The van der Waals surface area contributed by atoms with Crippen LogP contribution < -0.4 is 5.32 Å². The number of rotatable bonds is 6. The number of esters is 1. The lowest BCUT2D eigenvalue weighted by molar-refractivity contribution is -0.144. The Hall–Kier alpha value is -2.96. The molecule has 0 radical (unpaired) electrons. The zero-order valence-electron chi connectivity index (χ0n) is 15.5. The molecule has 1 unspecified atom stereocenters. The monoisotopic (exact) mass is 356 g/mol. The van der Waals surface area contributed by atoms with Gasteiger partial charge in [-0.1, -0.05) is 32.9 Å². The molecule has 0 aliphatic carbocycles. The first-order chi connectivity index (χ1) is 12.3. The molecule has 138 valence electrons. The van der Waals surface area contributed by atoms with Crippen molar-refractivity contribution in [1.82, 2.24) is 20.1 Å². The van der Waals surface area contributed by atoms with E-state index in [1.165, 1.54) is 0 Å². The largest absolute Gasteiger partial charge is 0.464 e. The van der Waals surface area contributed by atoms with E-state index < -0.39 is 12.0 Å². The molecule has 0 saturated carbocycles. The van der Waals surface area contributed by atoms with E-state index in [0.717, 1.165) is 5.69 Å². The molecule has 0 bridgehead atoms. The van der Waals surface area contributed by atoms with E-state index in [4.69, 9.17) is 4.74 Å². The van der Waals surface area contributed by atoms with E-state index in [-0.39, 0.29) is 17.9 Å². The maximum atomic E-state index is 12.5. The van der Waals surface area contributed by atoms with Gasteiger partial charge in [-0.3, -0.25) is 9.36 Å². The van der Waals surface area contributed by atoms with Crippen molar-refractivity contribution in [3.63, 3.8) is 0 Å². The number of allylic oxidation sites excluding steroid dienone is 1. The molecule has 0 fully saturated rings. The first-order valence-electron chi connectivity index (χ1n) is 8.42. The average Bonchev–Trinajstić information content (AvgIpc) is 3.12. The minimum absolute atomic E-state index is 0.115. The van der Waals surface area contributed by atoms with Gasteiger partial charge in [-0.25, -0.2) is 4.79 Å². The molecular weight excluding hydrogens is 332 g/mol. The van der Waals surface area contributed by atoms with Gasteiger partial charge in [-0.2, -0.15) is 0 Å². The minimum Gasteiger partial charge on any atom is -0.464 e. The van der Waals surface area contributed by atoms with Gasteiger partial charge in [0.1, 0.15) is 18.7 Å². The van der Waals surface area contributed by atoms with Crippen molar-refractivity contribution < 1.29 is 14.3 Å². The van der Waals surface area contributed by atoms with Gasteiger partial charge in [-0.05, 0) is 36.6 Å². The lowest BCUT2D eigenvalue weighted by Crippen LogP contribution is -2.40. The Kier molecular flexibility index (Phi) is 6.27. The van der Waals surface area contributed by atoms with E-state index in [9.17, 15) is 9.59 Å². The molecule has 2 aromatic rings. The molecule has 1 N–H and O–H groups in total. The van der Waals surface area contributed by atoms with Crippen molar-refractivity contribution in [1.29, 1.82) is 0 Å². The number of carbonyl (C=O) groups is 2. The predicted octanol–water partition coefficient (Wildman–Crippen LogP) is 2.53. The number of nitrogens with zero attached hydrogens (tertiary/aromatic N) is 3. The van der Waals surface area contributed by atoms with E-state index in [1.54, 1.807) is 54.5 Å². The highest BCUT2D eigenvalue weighted by Crippen LogP contribution is 2.15. The summed E-state index contributed by atoms with van der Waals surface area (Å²) in [6.07, 6.45) is 6.69. The van der Waals surface area contributed by atoms with Crippen LogP contribution in [0.25, 0.3) is 5.69 Å². The molecule has 1 atom stereocenters. The van der Waals surface area contributed by atoms with Crippen molar-refractivity contribution in [3.8, 4) is 5.69 Å². The Morgan fingerprint density at radius 2 is 1.81 bits per heavy atom. The number of hydrogen-bond acceptors (Lipinski definition) is 5. The molecule has 2 rings (SSSR count). The van der Waals surface area contributed by atoms with Crippen LogP contribution in [-0.4, -0.2) is 39.3 Å². The van der Waals surface area contributed by atoms with Crippen LogP contribution >= 0.6 is 0 Å². The van der Waals surface area contributed by atoms with E-state index in [2.05, 4.69) is 15.5 Å². The molecule has 1 heterocycles. The number of benzene rings is 1. The van der Waals surface area contributed by atoms with Crippen molar-refractivity contribution >= 4 is 11.9 Å². The Labute approximate surface area is 153 Å². The van der Waals surface area contributed by atoms with Crippen molar-refractivity contribution in [2.75, 3.05) is 6.61 Å². The highest BCUT2D eigenvalue weighted by atomic mass is 16.5. The van der Waals surface area contributed by atoms with Gasteiger partial charge in [0.05, 0.1) is 6.61 Å². The van der Waals surface area contributed by atoms with Gasteiger partial charge in [-0.15, -0.1) is 10.2 Å². The summed E-state index contributed by atoms with van der Waals surface area (Å²) >= 11 is 0. The summed E-state index contributed by atoms with van der Waals surface area (Å²) in [6, 6.07) is 6.09. The van der Waals surface area contributed by atoms with Crippen LogP contribution in [-0.2, 0) is 9.53 Å². The third kappa shape index (κ3) is 5.54. The quantitative estimate of drug-likeness (QED) is 0.635. The maximum Gasteiger partial charge on any atom is 0.332 e. The second-order valence-corrected chi connectivity index (χ2v) is 6.84. The fourth-order valence-electron chi connectivity index (χ4n) is 2.15. The van der Waals surface area contributed by atoms with E-state index >= 15 is 0 Å². The Morgan fingerprint density at radius 1 is 1.19 bits per heavy atom. The molecular formula is C19H24N4O3. The first kappa shape index (κ1) is 19.4. The third-order valence-corrected chi connectivity index (χ3v) is 3.46. The second kappa shape index (κ2) is 8.42. The molecule has 0 saturated heterocycles. The summed E-state index contributed by atoms with van der Waals surface area (Å²) in [5, 5.41) is 10.2. The number of carbonyl (C=O) groups excluding carboxylic acids is 2. The van der Waals surface area contributed by atoms with Crippen molar-refractivity contribution in [3.05, 3.63) is 54.6 Å². The number of aromatic nitrogens is 3. The van der Waals surface area contributed by atoms with Crippen LogP contribution in [0.1, 0.15) is 38.1 Å². The maximum absolute atomic E-state index is 12.5. The van der Waals surface area contributed by atoms with Gasteiger partial charge in [0.2, 0.25) is 0 Å². The van der Waals surface area contributed by atoms with Crippen LogP contribution in [0.5, 0.6) is 0 Å². The van der Waals surface area contributed by atoms with Crippen molar-refractivity contribution in [2.24, 2.45) is 5.41 Å². The number of ether oxygens (including phenoxy) is 1. The predicted molar refractivity (Wildman–Crippen MR) is 97.8 cm³/mol. The van der Waals surface area contributed by atoms with Gasteiger partial charge in [0, 0.05) is 11.3 Å². The Bertz CT molecular complexity index is 759. The molecule has 0 aliphatic rings. The van der Waals surface area contributed by atoms with Crippen LogP contribution in [0.15, 0.2) is 49.1 Å². The minimum atomic E-state index is -0.834. The molecule has 0 aliphatic heterocycles. The van der Waals surface area contributed by atoms with Crippen LogP contribution in [0.2, 0.25) is 0 Å². The molecule has 0 spiro atoms. The van der Waals surface area contributed by atoms with Crippen molar-refractivity contribution in [2.45, 2.75) is 33.7 Å². The fraction of sp³-hybridized carbons (Fsp3) is 0.368. The highest BCUT2D eigenvalue weighted by molar-refractivity contribution is 5.97. The van der Waals surface area contributed by atoms with Crippen LogP contribution in [0.4, 0.5) is 0 Å². The fourth-order valence-corrected chi connectivity index (χ4v) is 2.15. The molecule has 1 amide bonds. The number of hydrogen-bond donors (Lipinski definition) is 1. The lowest BCUT2D eigenvalue weighted by atomic mass is 9.95. The highest BCUT2D eigenvalue weighted by Gasteiger charge is 2.21. The summed E-state index contributed by atoms with van der Waals surface area (Å²) < 4.78 is 6.78. The summed E-state index contributed by atoms with van der Waals surface area (Å²) in [5.41, 5.74) is 1.16. The zero-order chi connectivity index (χ0) is 19.2. The summed E-state index contributed by atoms with van der Waals surface area (Å²) in [7, 11) is 0. The molecule has 1 aromatic carbocycles. The summed E-state index contributed by atoms with van der Waals surface area (Å²) in [6.45, 7) is 8.02. The Morgan fingerprint density at radius 3 is 2.35 bits per heavy atom. The topological polar surface area (TPSA) is 86.1 Å². The zero-order valence-corrected chi connectivity index (χ0v) is 15.5. The van der Waals surface area contributed by atoms with Crippen LogP contribution in [0, 0.1) is 5.41 Å². The normalized spacial score (nSPS) is 12.8. The smallest absolute Gasteiger partial charge is 0.332 e. The van der Waals surface area contributed by atoms with E-state index in [1.807, 2.05) is 26.8 Å². The molecule has 7 heteroatoms. The SMILES string of the molecule is CCOC(=O)C(C=CC(C)(C)C)NC(=O)c1ccc(-n2cnnc2)cc1.